The van der Waals surface area contributed by atoms with Crippen molar-refractivity contribution in [3.8, 4) is 0 Å². The number of rotatable bonds is 23. The summed E-state index contributed by atoms with van der Waals surface area (Å²) < 4.78 is 15.3. The molecule has 0 saturated carbocycles. The van der Waals surface area contributed by atoms with E-state index in [9.17, 15) is 29.1 Å². The van der Waals surface area contributed by atoms with Gasteiger partial charge in [-0.25, -0.2) is 14.4 Å². The molecule has 1 aromatic rings. The minimum atomic E-state index is -1.48. The lowest BCUT2D eigenvalue weighted by molar-refractivity contribution is -0.155. The summed E-state index contributed by atoms with van der Waals surface area (Å²) in [5.74, 6) is -3.95. The van der Waals surface area contributed by atoms with Crippen molar-refractivity contribution in [1.29, 1.82) is 0 Å². The van der Waals surface area contributed by atoms with E-state index in [0.717, 1.165) is 36.8 Å². The summed E-state index contributed by atoms with van der Waals surface area (Å²) in [6.45, 7) is 5.06. The van der Waals surface area contributed by atoms with Gasteiger partial charge in [0.2, 0.25) is 0 Å². The fourth-order valence-corrected chi connectivity index (χ4v) is 5.96. The first-order chi connectivity index (χ1) is 20.5. The fraction of sp³-hybridized carbons (Fsp3) is 0.656. The van der Waals surface area contributed by atoms with Crippen molar-refractivity contribution >= 4 is 41.6 Å². The molecular formula is C32H48O10S. The van der Waals surface area contributed by atoms with E-state index in [0.29, 0.717) is 5.75 Å². The number of benzene rings is 1. The van der Waals surface area contributed by atoms with Gasteiger partial charge in [0.1, 0.15) is 13.2 Å². The van der Waals surface area contributed by atoms with Crippen LogP contribution in [-0.2, 0) is 23.8 Å². The van der Waals surface area contributed by atoms with E-state index in [1.165, 1.54) is 58.5 Å². The molecule has 1 aromatic carbocycles. The quantitative estimate of drug-likeness (QED) is 0.0765. The predicted octanol–water partition coefficient (Wildman–Crippen LogP) is 6.64. The van der Waals surface area contributed by atoms with E-state index < -0.39 is 40.8 Å². The van der Waals surface area contributed by atoms with Gasteiger partial charge in [-0.1, -0.05) is 71.6 Å². The van der Waals surface area contributed by atoms with Crippen molar-refractivity contribution in [3.63, 3.8) is 0 Å². The zero-order chi connectivity index (χ0) is 32.3. The van der Waals surface area contributed by atoms with Crippen molar-refractivity contribution in [1.82, 2.24) is 0 Å². The van der Waals surface area contributed by atoms with Crippen molar-refractivity contribution in [2.45, 2.75) is 91.4 Å². The molecule has 0 heterocycles. The van der Waals surface area contributed by atoms with Gasteiger partial charge in [-0.15, -0.1) is 0 Å². The summed E-state index contributed by atoms with van der Waals surface area (Å²) in [4.78, 5) is 60.1. The Balaban J connectivity index is 2.45. The number of carbonyl (C=O) groups excluding carboxylic acids is 3. The molecular weight excluding hydrogens is 576 g/mol. The molecule has 0 aliphatic heterocycles. The molecule has 2 N–H and O–H groups in total. The molecule has 0 spiro atoms. The Labute approximate surface area is 259 Å². The normalized spacial score (nSPS) is 13.0. The first-order valence-corrected chi connectivity index (χ1v) is 16.2. The van der Waals surface area contributed by atoms with Crippen LogP contribution in [0.5, 0.6) is 0 Å². The van der Waals surface area contributed by atoms with Crippen LogP contribution in [0.1, 0.15) is 122 Å². The highest BCUT2D eigenvalue weighted by atomic mass is 32.2. The Morgan fingerprint density at radius 3 is 1.98 bits per heavy atom. The number of unbranched alkanes of at least 4 members (excludes halogenated alkanes) is 9. The second-order valence-corrected chi connectivity index (χ2v) is 12.2. The third-order valence-corrected chi connectivity index (χ3v) is 8.60. The highest BCUT2D eigenvalue weighted by molar-refractivity contribution is 7.99. The number of carbonyl (C=O) groups is 5. The van der Waals surface area contributed by atoms with Gasteiger partial charge in [0.05, 0.1) is 35.1 Å². The molecule has 1 rings (SSSR count). The Hall–Kier alpha value is -3.08. The standard InChI is InChI=1S/C32H48O10S/c1-5-6-7-8-9-10-11-12-13-14-19-43-22-32(3,31(39)40-4)21-23(2)29(37)41-17-18-42-30(38)25-16-15-24(27(33)34)20-26(25)28(35)36/h15-16,20,23H,5-14,17-19,21-22H2,1-4H3,(H,33,34)(H,35,36). The molecule has 0 aliphatic carbocycles. The molecule has 2 unspecified atom stereocenters. The first-order valence-electron chi connectivity index (χ1n) is 15.1. The van der Waals surface area contributed by atoms with Gasteiger partial charge in [-0.3, -0.25) is 9.59 Å². The van der Waals surface area contributed by atoms with Gasteiger partial charge in [0.25, 0.3) is 0 Å². The van der Waals surface area contributed by atoms with Crippen molar-refractivity contribution < 1.29 is 48.4 Å². The smallest absolute Gasteiger partial charge is 0.339 e. The molecule has 11 heteroatoms. The Bertz CT molecular complexity index is 1060. The molecule has 2 atom stereocenters. The molecule has 0 amide bonds. The summed E-state index contributed by atoms with van der Waals surface area (Å²) in [5, 5.41) is 18.4. The lowest BCUT2D eigenvalue weighted by atomic mass is 9.83. The van der Waals surface area contributed by atoms with Crippen LogP contribution in [-0.4, -0.2) is 71.9 Å². The molecule has 242 valence electrons. The highest BCUT2D eigenvalue weighted by Crippen LogP contribution is 2.33. The second-order valence-electron chi connectivity index (χ2n) is 11.1. The zero-order valence-electron chi connectivity index (χ0n) is 26.0. The average Bonchev–Trinajstić information content (AvgIpc) is 2.98. The minimum absolute atomic E-state index is 0.223. The van der Waals surface area contributed by atoms with E-state index in [1.807, 2.05) is 0 Å². The number of carboxylic acids is 2. The second kappa shape index (κ2) is 20.8. The SMILES string of the molecule is CCCCCCCCCCCCSCC(C)(CC(C)C(=O)OCCOC(=O)c1ccc(C(=O)O)cc1C(=O)O)C(=O)OC. The number of hydrogen-bond donors (Lipinski definition) is 2. The molecule has 0 saturated heterocycles. The van der Waals surface area contributed by atoms with E-state index in [4.69, 9.17) is 19.3 Å². The van der Waals surface area contributed by atoms with Crippen LogP contribution in [0.25, 0.3) is 0 Å². The van der Waals surface area contributed by atoms with E-state index in [1.54, 1.807) is 25.6 Å². The maximum absolute atomic E-state index is 12.6. The average molecular weight is 625 g/mol. The zero-order valence-corrected chi connectivity index (χ0v) is 26.8. The van der Waals surface area contributed by atoms with Gasteiger partial charge in [-0.2, -0.15) is 11.8 Å². The fourth-order valence-electron chi connectivity index (χ4n) is 4.72. The van der Waals surface area contributed by atoms with E-state index in [-0.39, 0.29) is 36.7 Å². The topological polar surface area (TPSA) is 154 Å². The van der Waals surface area contributed by atoms with Crippen LogP contribution in [0.2, 0.25) is 0 Å². The van der Waals surface area contributed by atoms with Crippen molar-refractivity contribution in [2.24, 2.45) is 11.3 Å². The monoisotopic (exact) mass is 624 g/mol. The molecule has 10 nitrogen and oxygen atoms in total. The van der Waals surface area contributed by atoms with Gasteiger partial charge in [0.15, 0.2) is 0 Å². The third kappa shape index (κ3) is 14.3. The molecule has 43 heavy (non-hydrogen) atoms. The van der Waals surface area contributed by atoms with Gasteiger partial charge in [-0.05, 0) is 43.7 Å². The Morgan fingerprint density at radius 1 is 0.837 bits per heavy atom. The van der Waals surface area contributed by atoms with Crippen LogP contribution >= 0.6 is 11.8 Å². The molecule has 0 radical (unpaired) electrons. The Morgan fingerprint density at radius 2 is 1.42 bits per heavy atom. The summed E-state index contributed by atoms with van der Waals surface area (Å²) in [7, 11) is 1.33. The van der Waals surface area contributed by atoms with Gasteiger partial charge < -0.3 is 24.4 Å². The number of esters is 3. The van der Waals surface area contributed by atoms with Gasteiger partial charge >= 0.3 is 29.8 Å². The maximum Gasteiger partial charge on any atom is 0.339 e. The first kappa shape index (κ1) is 37.9. The molecule has 0 fully saturated rings. The molecule has 0 aromatic heterocycles. The van der Waals surface area contributed by atoms with Crippen LogP contribution in [0.4, 0.5) is 0 Å². The summed E-state index contributed by atoms with van der Waals surface area (Å²) in [6.07, 6.45) is 12.8. The Kier molecular flexibility index (Phi) is 18.3. The van der Waals surface area contributed by atoms with Crippen LogP contribution < -0.4 is 0 Å². The summed E-state index contributed by atoms with van der Waals surface area (Å²) in [6, 6.07) is 3.03. The summed E-state index contributed by atoms with van der Waals surface area (Å²) in [5.41, 5.74) is -1.99. The van der Waals surface area contributed by atoms with E-state index >= 15 is 0 Å². The van der Waals surface area contributed by atoms with Crippen molar-refractivity contribution in [2.75, 3.05) is 31.8 Å². The number of carboxylic acid groups (broad SMARTS) is 2. The van der Waals surface area contributed by atoms with Crippen molar-refractivity contribution in [3.05, 3.63) is 34.9 Å². The number of hydrogen-bond acceptors (Lipinski definition) is 9. The predicted molar refractivity (Wildman–Crippen MR) is 165 cm³/mol. The lowest BCUT2D eigenvalue weighted by Gasteiger charge is -2.28. The molecule has 0 aliphatic rings. The van der Waals surface area contributed by atoms with Crippen LogP contribution in [0, 0.1) is 11.3 Å². The number of ether oxygens (including phenoxy) is 3. The highest BCUT2D eigenvalue weighted by Gasteiger charge is 2.38. The number of methoxy groups -OCH3 is 1. The van der Waals surface area contributed by atoms with Crippen LogP contribution in [0.15, 0.2) is 18.2 Å². The van der Waals surface area contributed by atoms with E-state index in [2.05, 4.69) is 6.92 Å². The molecule has 0 bridgehead atoms. The number of aromatic carboxylic acids is 2. The van der Waals surface area contributed by atoms with Crippen LogP contribution in [0.3, 0.4) is 0 Å². The summed E-state index contributed by atoms with van der Waals surface area (Å²) >= 11 is 1.68. The van der Waals surface area contributed by atoms with Gasteiger partial charge in [0, 0.05) is 5.75 Å². The number of thioether (sulfide) groups is 1. The third-order valence-electron chi connectivity index (χ3n) is 7.18. The minimum Gasteiger partial charge on any atom is -0.478 e. The largest absolute Gasteiger partial charge is 0.478 e. The maximum atomic E-state index is 12.6. The lowest BCUT2D eigenvalue weighted by Crippen LogP contribution is -2.36.